The number of carbonyl (C=O) groups excluding carboxylic acids is 1. The van der Waals surface area contributed by atoms with Gasteiger partial charge < -0.3 is 18.9 Å². The molecule has 5 heteroatoms. The lowest BCUT2D eigenvalue weighted by Crippen LogP contribution is -2.36. The van der Waals surface area contributed by atoms with Crippen molar-refractivity contribution >= 4 is 5.97 Å². The molecule has 1 aromatic rings. The Hall–Kier alpha value is -3.05. The van der Waals surface area contributed by atoms with Gasteiger partial charge in [0.1, 0.15) is 18.5 Å². The molecule has 2 atom stereocenters. The largest absolute Gasteiger partial charge is 0.490 e. The third-order valence-corrected chi connectivity index (χ3v) is 4.85. The van der Waals surface area contributed by atoms with Gasteiger partial charge in [0.25, 0.3) is 6.29 Å². The van der Waals surface area contributed by atoms with Crippen LogP contribution in [0.4, 0.5) is 0 Å². The summed E-state index contributed by atoms with van der Waals surface area (Å²) in [6.07, 6.45) is 11.6. The molecule has 0 amide bonds. The van der Waals surface area contributed by atoms with E-state index >= 15 is 0 Å². The van der Waals surface area contributed by atoms with Crippen LogP contribution in [0.3, 0.4) is 0 Å². The summed E-state index contributed by atoms with van der Waals surface area (Å²) in [6, 6.07) is 9.92. The van der Waals surface area contributed by atoms with Gasteiger partial charge in [-0.2, -0.15) is 0 Å². The number of fused-ring (bicyclic) bond motifs is 2. The summed E-state index contributed by atoms with van der Waals surface area (Å²) in [5.41, 5.74) is 4.12. The second-order valence-electron chi connectivity index (χ2n) is 6.66. The molecule has 0 fully saturated rings. The van der Waals surface area contributed by atoms with E-state index in [-0.39, 0.29) is 0 Å². The first-order chi connectivity index (χ1) is 13.8. The van der Waals surface area contributed by atoms with E-state index in [9.17, 15) is 4.79 Å². The third-order valence-electron chi connectivity index (χ3n) is 4.85. The van der Waals surface area contributed by atoms with Gasteiger partial charge in [0.05, 0.1) is 13.4 Å². The summed E-state index contributed by atoms with van der Waals surface area (Å²) >= 11 is 0. The van der Waals surface area contributed by atoms with E-state index in [1.807, 2.05) is 54.6 Å². The number of carbonyl (C=O) groups is 1. The van der Waals surface area contributed by atoms with Crippen LogP contribution in [0.15, 0.2) is 89.5 Å². The van der Waals surface area contributed by atoms with Gasteiger partial charge in [0.15, 0.2) is 0 Å². The number of allylic oxidation sites excluding steroid dienone is 6. The molecule has 4 rings (SSSR count). The minimum Gasteiger partial charge on any atom is -0.490 e. The summed E-state index contributed by atoms with van der Waals surface area (Å²) in [5, 5.41) is 0. The Morgan fingerprint density at radius 2 is 2.07 bits per heavy atom. The van der Waals surface area contributed by atoms with Crippen molar-refractivity contribution in [3.8, 4) is 0 Å². The molecular weight excluding hydrogens is 356 g/mol. The molecule has 0 radical (unpaired) electrons. The molecular formula is C23H22O5. The second-order valence-corrected chi connectivity index (χ2v) is 6.66. The number of methoxy groups -OCH3 is 1. The zero-order valence-corrected chi connectivity index (χ0v) is 15.7. The first kappa shape index (κ1) is 18.3. The number of hydrogen-bond donors (Lipinski definition) is 0. The monoisotopic (exact) mass is 378 g/mol. The molecule has 3 aliphatic rings. The maximum Gasteiger partial charge on any atom is 0.376 e. The van der Waals surface area contributed by atoms with Crippen molar-refractivity contribution in [2.45, 2.75) is 31.8 Å². The Morgan fingerprint density at radius 3 is 2.89 bits per heavy atom. The summed E-state index contributed by atoms with van der Waals surface area (Å²) < 4.78 is 22.6. The van der Waals surface area contributed by atoms with Gasteiger partial charge >= 0.3 is 5.97 Å². The van der Waals surface area contributed by atoms with Crippen molar-refractivity contribution < 1.29 is 23.7 Å². The Balaban J connectivity index is 1.66. The van der Waals surface area contributed by atoms with E-state index in [4.69, 9.17) is 18.9 Å². The predicted molar refractivity (Wildman–Crippen MR) is 104 cm³/mol. The fourth-order valence-corrected chi connectivity index (χ4v) is 3.44. The quantitative estimate of drug-likeness (QED) is 0.739. The van der Waals surface area contributed by atoms with Crippen LogP contribution in [-0.2, 0) is 30.3 Å². The maximum absolute atomic E-state index is 12.1. The molecule has 1 heterocycles. The lowest BCUT2D eigenvalue weighted by Gasteiger charge is -2.32. The van der Waals surface area contributed by atoms with Crippen LogP contribution in [0.2, 0.25) is 0 Å². The highest BCUT2D eigenvalue weighted by molar-refractivity contribution is 5.73. The molecule has 1 aliphatic heterocycles. The molecule has 28 heavy (non-hydrogen) atoms. The summed E-state index contributed by atoms with van der Waals surface area (Å²) in [5.74, 6) is 0.0542. The van der Waals surface area contributed by atoms with Gasteiger partial charge in [-0.05, 0) is 35.6 Å². The highest BCUT2D eigenvalue weighted by atomic mass is 16.7. The first-order valence-corrected chi connectivity index (χ1v) is 9.30. The van der Waals surface area contributed by atoms with Gasteiger partial charge in [-0.15, -0.1) is 0 Å². The Labute approximate surface area is 164 Å². The highest BCUT2D eigenvalue weighted by Crippen LogP contribution is 2.36. The standard InChI is InChI=1S/C23H22O5/c1-25-22(24)23-27-15-17-10-5-6-11-18(17)19-12-7-13-20(21(19)28-23)26-14-16-8-3-2-4-9-16/h2-5,7-10,12-13,15,21,23H,6,11,14H2,1H3/b17-15?,19-18-. The van der Waals surface area contributed by atoms with Crippen molar-refractivity contribution in [3.05, 3.63) is 95.0 Å². The molecule has 5 nitrogen and oxygen atoms in total. The molecule has 2 aliphatic carbocycles. The van der Waals surface area contributed by atoms with Crippen LogP contribution < -0.4 is 0 Å². The number of hydrogen-bond acceptors (Lipinski definition) is 5. The molecule has 0 saturated carbocycles. The Morgan fingerprint density at radius 1 is 1.21 bits per heavy atom. The van der Waals surface area contributed by atoms with Crippen LogP contribution in [0.5, 0.6) is 0 Å². The third kappa shape index (κ3) is 3.80. The summed E-state index contributed by atoms with van der Waals surface area (Å²) in [7, 11) is 1.31. The smallest absolute Gasteiger partial charge is 0.376 e. The van der Waals surface area contributed by atoms with E-state index in [0.717, 1.165) is 35.1 Å². The van der Waals surface area contributed by atoms with E-state index in [1.54, 1.807) is 6.26 Å². The van der Waals surface area contributed by atoms with Crippen molar-refractivity contribution in [3.63, 3.8) is 0 Å². The zero-order valence-electron chi connectivity index (χ0n) is 15.7. The van der Waals surface area contributed by atoms with Crippen LogP contribution >= 0.6 is 0 Å². The molecule has 0 N–H and O–H groups in total. The Bertz CT molecular complexity index is 889. The molecule has 0 saturated heterocycles. The minimum atomic E-state index is -1.16. The first-order valence-electron chi connectivity index (χ1n) is 9.30. The van der Waals surface area contributed by atoms with Gasteiger partial charge in [0, 0.05) is 5.57 Å². The molecule has 1 aromatic carbocycles. The molecule has 2 unspecified atom stereocenters. The van der Waals surface area contributed by atoms with Crippen LogP contribution in [0.25, 0.3) is 0 Å². The maximum atomic E-state index is 12.1. The Kier molecular flexibility index (Phi) is 5.44. The van der Waals surface area contributed by atoms with Crippen LogP contribution in [0, 0.1) is 0 Å². The van der Waals surface area contributed by atoms with E-state index in [1.165, 1.54) is 7.11 Å². The second kappa shape index (κ2) is 8.31. The highest BCUT2D eigenvalue weighted by Gasteiger charge is 2.34. The van der Waals surface area contributed by atoms with Crippen molar-refractivity contribution in [2.75, 3.05) is 7.11 Å². The van der Waals surface area contributed by atoms with Crippen molar-refractivity contribution in [1.82, 2.24) is 0 Å². The molecule has 0 bridgehead atoms. The number of benzene rings is 1. The van der Waals surface area contributed by atoms with E-state index < -0.39 is 18.4 Å². The number of rotatable bonds is 4. The molecule has 0 spiro atoms. The normalized spacial score (nSPS) is 25.9. The topological polar surface area (TPSA) is 54.0 Å². The molecule has 144 valence electrons. The van der Waals surface area contributed by atoms with E-state index in [0.29, 0.717) is 12.4 Å². The average Bonchev–Trinajstić information content (AvgIpc) is 2.74. The van der Waals surface area contributed by atoms with Crippen LogP contribution in [0.1, 0.15) is 18.4 Å². The van der Waals surface area contributed by atoms with Gasteiger partial charge in [-0.1, -0.05) is 54.6 Å². The lowest BCUT2D eigenvalue weighted by molar-refractivity contribution is -0.188. The summed E-state index contributed by atoms with van der Waals surface area (Å²) in [6.45, 7) is 0.412. The minimum absolute atomic E-state index is 0.412. The van der Waals surface area contributed by atoms with Crippen LogP contribution in [-0.4, -0.2) is 25.5 Å². The SMILES string of the molecule is COC(=O)C1OC=C2C=CCC/C2=C2\C=CC=C(OCc3ccccc3)C2O1. The fraction of sp³-hybridized carbons (Fsp3) is 0.261. The summed E-state index contributed by atoms with van der Waals surface area (Å²) in [4.78, 5) is 12.1. The fourth-order valence-electron chi connectivity index (χ4n) is 3.44. The van der Waals surface area contributed by atoms with E-state index in [2.05, 4.69) is 6.08 Å². The lowest BCUT2D eigenvalue weighted by atomic mass is 9.87. The average molecular weight is 378 g/mol. The number of ether oxygens (including phenoxy) is 4. The van der Waals surface area contributed by atoms with Gasteiger partial charge in [0.2, 0.25) is 0 Å². The zero-order chi connectivity index (χ0) is 19.3. The van der Waals surface area contributed by atoms with Gasteiger partial charge in [-0.25, -0.2) is 4.79 Å². The number of esters is 1. The van der Waals surface area contributed by atoms with Crippen molar-refractivity contribution in [1.29, 1.82) is 0 Å². The van der Waals surface area contributed by atoms with Gasteiger partial charge in [-0.3, -0.25) is 0 Å². The molecule has 0 aromatic heterocycles. The van der Waals surface area contributed by atoms with Crippen molar-refractivity contribution in [2.24, 2.45) is 0 Å². The predicted octanol–water partition coefficient (Wildman–Crippen LogP) is 4.10.